The lowest BCUT2D eigenvalue weighted by atomic mass is 9.92. The lowest BCUT2D eigenvalue weighted by Gasteiger charge is -2.36. The van der Waals surface area contributed by atoms with E-state index in [9.17, 15) is 26.3 Å². The molecule has 1 unspecified atom stereocenters. The first-order valence-electron chi connectivity index (χ1n) is 8.58. The average molecular weight is 401 g/mol. The summed E-state index contributed by atoms with van der Waals surface area (Å²) >= 11 is 0. The fourth-order valence-corrected chi connectivity index (χ4v) is 4.21. The summed E-state index contributed by atoms with van der Waals surface area (Å²) in [5, 5.41) is 2.77. The maximum atomic E-state index is 13.5. The van der Waals surface area contributed by atoms with Gasteiger partial charge in [0.2, 0.25) is 0 Å². The van der Waals surface area contributed by atoms with E-state index in [2.05, 4.69) is 5.32 Å². The Hall–Kier alpha value is -2.42. The van der Waals surface area contributed by atoms with E-state index >= 15 is 0 Å². The molecule has 0 radical (unpaired) electrons. The highest BCUT2D eigenvalue weighted by Crippen LogP contribution is 2.49. The predicted molar refractivity (Wildman–Crippen MR) is 93.0 cm³/mol. The summed E-state index contributed by atoms with van der Waals surface area (Å²) in [6.45, 7) is 0. The molecule has 1 atom stereocenters. The molecule has 1 aliphatic carbocycles. The molecule has 0 spiro atoms. The second-order valence-corrected chi connectivity index (χ2v) is 7.43. The van der Waals surface area contributed by atoms with Gasteiger partial charge >= 0.3 is 12.4 Å². The van der Waals surface area contributed by atoms with E-state index < -0.39 is 35.2 Å². The number of nitrogens with one attached hydrogen (secondary N) is 1. The van der Waals surface area contributed by atoms with Crippen molar-refractivity contribution in [3.8, 4) is 0 Å². The van der Waals surface area contributed by atoms with Gasteiger partial charge in [-0.05, 0) is 36.1 Å². The van der Waals surface area contributed by atoms with E-state index in [0.29, 0.717) is 12.8 Å². The first-order chi connectivity index (χ1) is 12.9. The monoisotopic (exact) mass is 401 g/mol. The summed E-state index contributed by atoms with van der Waals surface area (Å²) in [4.78, 5) is 1.38. The molecule has 2 aliphatic rings. The molecule has 3 N–H and O–H groups in total. The van der Waals surface area contributed by atoms with E-state index in [1.165, 1.54) is 11.9 Å². The number of rotatable bonds is 1. The fraction of sp³-hybridized carbons (Fsp3) is 0.368. The fourth-order valence-electron chi connectivity index (χ4n) is 4.21. The molecule has 1 aliphatic heterocycles. The summed E-state index contributed by atoms with van der Waals surface area (Å²) in [6, 6.07) is 8.38. The van der Waals surface area contributed by atoms with Crippen LogP contribution in [0.25, 0.3) is 0 Å². The third-order valence-corrected chi connectivity index (χ3v) is 5.50. The predicted octanol–water partition coefficient (Wildman–Crippen LogP) is 4.41. The molecule has 28 heavy (non-hydrogen) atoms. The van der Waals surface area contributed by atoms with E-state index in [-0.39, 0.29) is 17.4 Å². The van der Waals surface area contributed by atoms with Crippen molar-refractivity contribution in [1.82, 2.24) is 0 Å². The molecule has 0 fully saturated rings. The van der Waals surface area contributed by atoms with E-state index in [1.807, 2.05) is 24.3 Å². The molecular weight excluding hydrogens is 384 g/mol. The van der Waals surface area contributed by atoms with Crippen LogP contribution in [0.15, 0.2) is 36.4 Å². The molecule has 3 nitrogen and oxygen atoms in total. The maximum Gasteiger partial charge on any atom is 0.418 e. The van der Waals surface area contributed by atoms with Gasteiger partial charge in [-0.3, -0.25) is 0 Å². The Labute approximate surface area is 157 Å². The van der Waals surface area contributed by atoms with Crippen LogP contribution in [-0.2, 0) is 25.2 Å². The average Bonchev–Trinajstić information content (AvgIpc) is 3.10. The molecule has 0 bridgehead atoms. The van der Waals surface area contributed by atoms with Gasteiger partial charge in [-0.1, -0.05) is 24.3 Å². The van der Waals surface area contributed by atoms with Gasteiger partial charge < -0.3 is 16.0 Å². The van der Waals surface area contributed by atoms with Gasteiger partial charge in [0.15, 0.2) is 0 Å². The Morgan fingerprint density at radius 3 is 2.07 bits per heavy atom. The topological polar surface area (TPSA) is 41.3 Å². The van der Waals surface area contributed by atoms with E-state index in [4.69, 9.17) is 5.73 Å². The Bertz CT molecular complexity index is 909. The van der Waals surface area contributed by atoms with Crippen LogP contribution in [-0.4, -0.2) is 18.8 Å². The van der Waals surface area contributed by atoms with Crippen LogP contribution in [0.1, 0.15) is 22.3 Å². The molecule has 0 saturated carbocycles. The zero-order valence-corrected chi connectivity index (χ0v) is 14.7. The van der Waals surface area contributed by atoms with Gasteiger partial charge in [0.1, 0.15) is 6.17 Å². The number of nitrogens with zero attached hydrogens (tertiary/aromatic N) is 1. The minimum absolute atomic E-state index is 0.147. The number of hydrogen-bond acceptors (Lipinski definition) is 3. The molecule has 0 amide bonds. The number of alkyl halides is 6. The summed E-state index contributed by atoms with van der Waals surface area (Å²) in [6.07, 6.45) is -9.79. The molecule has 4 rings (SSSR count). The van der Waals surface area contributed by atoms with Gasteiger partial charge in [0.05, 0.1) is 28.0 Å². The SMILES string of the molecule is CN1c2cc(C(F)(F)F)cc(C(F)(F)F)c2NC1C1(N)Cc2ccccc2C1. The summed E-state index contributed by atoms with van der Waals surface area (Å²) in [5.41, 5.74) is 4.37. The third-order valence-electron chi connectivity index (χ3n) is 5.50. The Balaban J connectivity index is 1.77. The minimum Gasteiger partial charge on any atom is -0.361 e. The molecule has 2 aromatic rings. The molecule has 0 aromatic heterocycles. The van der Waals surface area contributed by atoms with Crippen molar-refractivity contribution in [1.29, 1.82) is 0 Å². The van der Waals surface area contributed by atoms with Crippen LogP contribution in [0.3, 0.4) is 0 Å². The largest absolute Gasteiger partial charge is 0.418 e. The lowest BCUT2D eigenvalue weighted by Crippen LogP contribution is -2.60. The van der Waals surface area contributed by atoms with E-state index in [0.717, 1.165) is 17.2 Å². The summed E-state index contributed by atoms with van der Waals surface area (Å²) in [5.74, 6) is 0. The van der Waals surface area contributed by atoms with Crippen LogP contribution < -0.4 is 16.0 Å². The number of likely N-dealkylation sites (N-methyl/N-ethyl adjacent to an activating group) is 1. The lowest BCUT2D eigenvalue weighted by molar-refractivity contribution is -0.142. The smallest absolute Gasteiger partial charge is 0.361 e. The molecule has 9 heteroatoms. The van der Waals surface area contributed by atoms with Crippen LogP contribution in [0.4, 0.5) is 37.7 Å². The van der Waals surface area contributed by atoms with Crippen molar-refractivity contribution in [2.45, 2.75) is 36.9 Å². The molecular formula is C19H17F6N3. The highest BCUT2D eigenvalue weighted by atomic mass is 19.4. The number of hydrogen-bond donors (Lipinski definition) is 2. The highest BCUT2D eigenvalue weighted by molar-refractivity contribution is 5.81. The number of anilines is 2. The van der Waals surface area contributed by atoms with Gasteiger partial charge in [-0.2, -0.15) is 26.3 Å². The van der Waals surface area contributed by atoms with Gasteiger partial charge in [-0.25, -0.2) is 0 Å². The van der Waals surface area contributed by atoms with Crippen molar-refractivity contribution in [3.63, 3.8) is 0 Å². The normalized spacial score (nSPS) is 20.7. The molecule has 150 valence electrons. The van der Waals surface area contributed by atoms with Crippen molar-refractivity contribution < 1.29 is 26.3 Å². The van der Waals surface area contributed by atoms with Gasteiger partial charge in [0.25, 0.3) is 0 Å². The third kappa shape index (κ3) is 2.88. The number of nitrogens with two attached hydrogens (primary N) is 1. The first kappa shape index (κ1) is 18.9. The highest BCUT2D eigenvalue weighted by Gasteiger charge is 2.49. The molecule has 0 saturated heterocycles. The molecule has 2 aromatic carbocycles. The second kappa shape index (κ2) is 5.79. The maximum absolute atomic E-state index is 13.5. The van der Waals surface area contributed by atoms with Crippen LogP contribution >= 0.6 is 0 Å². The zero-order chi connectivity index (χ0) is 20.5. The minimum atomic E-state index is -4.94. The Morgan fingerprint density at radius 2 is 1.57 bits per heavy atom. The standard InChI is InChI=1S/C19H17F6N3/c1-28-14-7-12(18(20,21)22)6-13(19(23,24)25)15(14)27-16(28)17(26)8-10-4-2-3-5-11(10)9-17/h2-7,16,27H,8-9,26H2,1H3. The second-order valence-electron chi connectivity index (χ2n) is 7.43. The van der Waals surface area contributed by atoms with Gasteiger partial charge in [0, 0.05) is 7.05 Å². The summed E-state index contributed by atoms with van der Waals surface area (Å²) < 4.78 is 80.0. The van der Waals surface area contributed by atoms with Crippen molar-refractivity contribution in [2.24, 2.45) is 5.73 Å². The van der Waals surface area contributed by atoms with Crippen molar-refractivity contribution >= 4 is 11.4 Å². The van der Waals surface area contributed by atoms with Gasteiger partial charge in [-0.15, -0.1) is 0 Å². The number of benzene rings is 2. The zero-order valence-electron chi connectivity index (χ0n) is 14.7. The van der Waals surface area contributed by atoms with E-state index in [1.54, 1.807) is 0 Å². The van der Waals surface area contributed by atoms with Crippen molar-refractivity contribution in [3.05, 3.63) is 58.7 Å². The quantitative estimate of drug-likeness (QED) is 0.696. The Kier molecular flexibility index (Phi) is 3.91. The van der Waals surface area contributed by atoms with Crippen LogP contribution in [0.5, 0.6) is 0 Å². The van der Waals surface area contributed by atoms with Crippen LogP contribution in [0, 0.1) is 0 Å². The Morgan fingerprint density at radius 1 is 1.00 bits per heavy atom. The first-order valence-corrected chi connectivity index (χ1v) is 8.58. The molecule has 1 heterocycles. The number of fused-ring (bicyclic) bond motifs is 2. The number of halogens is 6. The van der Waals surface area contributed by atoms with Crippen LogP contribution in [0.2, 0.25) is 0 Å². The summed E-state index contributed by atoms with van der Waals surface area (Å²) in [7, 11) is 1.46. The van der Waals surface area contributed by atoms with Crippen molar-refractivity contribution in [2.75, 3.05) is 17.3 Å².